The lowest BCUT2D eigenvalue weighted by Gasteiger charge is -2.38. The number of carbonyl (C=O) groups is 1. The van der Waals surface area contributed by atoms with Crippen LogP contribution in [0.15, 0.2) is 10.2 Å². The Morgan fingerprint density at radius 3 is 1.78 bits per heavy atom. The van der Waals surface area contributed by atoms with Gasteiger partial charge in [0.2, 0.25) is 5.91 Å². The third-order valence-electron chi connectivity index (χ3n) is 3.29. The van der Waals surface area contributed by atoms with Gasteiger partial charge in [-0.05, 0) is 12.8 Å². The van der Waals surface area contributed by atoms with Crippen molar-refractivity contribution in [3.8, 4) is 0 Å². The molecule has 0 aromatic rings. The molecule has 18 heavy (non-hydrogen) atoms. The number of amides is 1. The molecule has 0 aromatic carbocycles. The van der Waals surface area contributed by atoms with E-state index in [2.05, 4.69) is 10.2 Å². The van der Waals surface area contributed by atoms with E-state index in [0.717, 1.165) is 0 Å². The molecule has 1 aliphatic rings. The Bertz CT molecular complexity index is 300. The summed E-state index contributed by atoms with van der Waals surface area (Å²) in [4.78, 5) is 13.9. The van der Waals surface area contributed by atoms with Gasteiger partial charge in [-0.2, -0.15) is 10.2 Å². The fraction of sp³-hybridized carbons (Fsp3) is 0.917. The standard InChI is InChI=1S/C12H23N3O3/c1-5-8-10(16)13-14-11(17)9(6-2)15(8)12(18)7(3)4/h7-11,16-17H,5-6H2,1-4H3. The largest absolute Gasteiger partial charge is 0.368 e. The van der Waals surface area contributed by atoms with Gasteiger partial charge in [0.25, 0.3) is 0 Å². The van der Waals surface area contributed by atoms with Gasteiger partial charge in [-0.25, -0.2) is 0 Å². The highest BCUT2D eigenvalue weighted by Crippen LogP contribution is 2.25. The van der Waals surface area contributed by atoms with Crippen molar-refractivity contribution in [3.05, 3.63) is 0 Å². The lowest BCUT2D eigenvalue weighted by molar-refractivity contribution is -0.145. The van der Waals surface area contributed by atoms with Crippen LogP contribution in [0, 0.1) is 5.92 Å². The van der Waals surface area contributed by atoms with Crippen LogP contribution in [-0.2, 0) is 4.79 Å². The number of hydrogen-bond acceptors (Lipinski definition) is 5. The first-order valence-electron chi connectivity index (χ1n) is 6.52. The van der Waals surface area contributed by atoms with E-state index in [4.69, 9.17) is 0 Å². The minimum atomic E-state index is -1.07. The van der Waals surface area contributed by atoms with Crippen LogP contribution in [0.1, 0.15) is 40.5 Å². The lowest BCUT2D eigenvalue weighted by atomic mass is 10.0. The molecule has 6 heteroatoms. The van der Waals surface area contributed by atoms with E-state index in [1.807, 2.05) is 13.8 Å². The molecule has 0 saturated carbocycles. The topological polar surface area (TPSA) is 85.5 Å². The molecule has 0 aliphatic carbocycles. The van der Waals surface area contributed by atoms with Crippen molar-refractivity contribution < 1.29 is 15.0 Å². The Kier molecular flexibility index (Phi) is 5.22. The smallest absolute Gasteiger partial charge is 0.225 e. The van der Waals surface area contributed by atoms with Gasteiger partial charge in [0.15, 0.2) is 12.5 Å². The second kappa shape index (κ2) is 6.24. The zero-order valence-electron chi connectivity index (χ0n) is 11.4. The van der Waals surface area contributed by atoms with Crippen molar-refractivity contribution in [3.63, 3.8) is 0 Å². The van der Waals surface area contributed by atoms with Gasteiger partial charge in [0.05, 0.1) is 12.1 Å². The Hall–Kier alpha value is -1.01. The van der Waals surface area contributed by atoms with Gasteiger partial charge in [-0.1, -0.05) is 27.7 Å². The van der Waals surface area contributed by atoms with Crippen molar-refractivity contribution in [2.45, 2.75) is 65.1 Å². The van der Waals surface area contributed by atoms with Crippen LogP contribution >= 0.6 is 0 Å². The number of hydrogen-bond donors (Lipinski definition) is 2. The van der Waals surface area contributed by atoms with Crippen molar-refractivity contribution in [2.24, 2.45) is 16.1 Å². The molecule has 4 unspecified atom stereocenters. The fourth-order valence-corrected chi connectivity index (χ4v) is 2.26. The summed E-state index contributed by atoms with van der Waals surface area (Å²) in [5, 5.41) is 27.2. The van der Waals surface area contributed by atoms with Crippen molar-refractivity contribution >= 4 is 5.91 Å². The summed E-state index contributed by atoms with van der Waals surface area (Å²) in [6, 6.07) is -0.850. The Labute approximate surface area is 108 Å². The van der Waals surface area contributed by atoms with E-state index in [1.165, 1.54) is 0 Å². The van der Waals surface area contributed by atoms with Crippen molar-refractivity contribution in [2.75, 3.05) is 0 Å². The summed E-state index contributed by atoms with van der Waals surface area (Å²) >= 11 is 0. The third kappa shape index (κ3) is 2.87. The molecule has 0 radical (unpaired) electrons. The van der Waals surface area contributed by atoms with Crippen molar-refractivity contribution in [1.29, 1.82) is 0 Å². The predicted octanol–water partition coefficient (Wildman–Crippen LogP) is 1.13. The molecule has 1 aliphatic heterocycles. The number of aliphatic hydroxyl groups is 2. The van der Waals surface area contributed by atoms with E-state index in [1.54, 1.807) is 18.7 Å². The van der Waals surface area contributed by atoms with E-state index < -0.39 is 24.5 Å². The van der Waals surface area contributed by atoms with Gasteiger partial charge in [0.1, 0.15) is 0 Å². The van der Waals surface area contributed by atoms with Crippen LogP contribution in [0.25, 0.3) is 0 Å². The van der Waals surface area contributed by atoms with Crippen molar-refractivity contribution in [1.82, 2.24) is 4.90 Å². The van der Waals surface area contributed by atoms with Gasteiger partial charge in [-0.15, -0.1) is 0 Å². The minimum Gasteiger partial charge on any atom is -0.368 e. The van der Waals surface area contributed by atoms with Crippen LogP contribution < -0.4 is 0 Å². The maximum Gasteiger partial charge on any atom is 0.225 e. The molecule has 1 heterocycles. The maximum absolute atomic E-state index is 12.3. The highest BCUT2D eigenvalue weighted by Gasteiger charge is 2.39. The number of carbonyl (C=O) groups excluding carboxylic acids is 1. The normalized spacial score (nSPS) is 32.7. The molecule has 0 spiro atoms. The van der Waals surface area contributed by atoms with E-state index in [0.29, 0.717) is 12.8 Å². The van der Waals surface area contributed by atoms with Crippen LogP contribution in [0.2, 0.25) is 0 Å². The molecule has 0 saturated heterocycles. The minimum absolute atomic E-state index is 0.0842. The first-order valence-corrected chi connectivity index (χ1v) is 6.52. The first-order chi connectivity index (χ1) is 8.43. The van der Waals surface area contributed by atoms with Crippen LogP contribution in [0.5, 0.6) is 0 Å². The van der Waals surface area contributed by atoms with Gasteiger partial charge < -0.3 is 15.1 Å². The quantitative estimate of drug-likeness (QED) is 0.794. The number of nitrogens with zero attached hydrogens (tertiary/aromatic N) is 3. The SMILES string of the molecule is CCC1C(O)N=NC(O)C(CC)N1C(=O)C(C)C. The molecule has 4 atom stereocenters. The summed E-state index contributed by atoms with van der Waals surface area (Å²) in [5.41, 5.74) is 0. The molecule has 0 aromatic heterocycles. The molecule has 6 nitrogen and oxygen atoms in total. The Morgan fingerprint density at radius 2 is 1.50 bits per heavy atom. The molecule has 1 amide bonds. The van der Waals surface area contributed by atoms with Crippen LogP contribution in [0.4, 0.5) is 0 Å². The summed E-state index contributed by atoms with van der Waals surface area (Å²) < 4.78 is 0. The second-order valence-electron chi connectivity index (χ2n) is 4.91. The van der Waals surface area contributed by atoms with E-state index >= 15 is 0 Å². The third-order valence-corrected chi connectivity index (χ3v) is 3.29. The van der Waals surface area contributed by atoms with E-state index in [-0.39, 0.29) is 11.8 Å². The highest BCUT2D eigenvalue weighted by molar-refractivity contribution is 5.79. The summed E-state index contributed by atoms with van der Waals surface area (Å²) in [6.07, 6.45) is -0.989. The molecular formula is C12H23N3O3. The maximum atomic E-state index is 12.3. The average Bonchev–Trinajstić information content (AvgIpc) is 2.45. The highest BCUT2D eigenvalue weighted by atomic mass is 16.3. The lowest BCUT2D eigenvalue weighted by Crippen LogP contribution is -2.54. The number of rotatable bonds is 3. The number of azo groups is 1. The second-order valence-corrected chi connectivity index (χ2v) is 4.91. The summed E-state index contributed by atoms with van der Waals surface area (Å²) in [7, 11) is 0. The Morgan fingerprint density at radius 1 is 1.11 bits per heavy atom. The molecule has 1 rings (SSSR count). The van der Waals surface area contributed by atoms with Crippen LogP contribution in [-0.4, -0.2) is 45.6 Å². The zero-order valence-corrected chi connectivity index (χ0v) is 11.4. The molecular weight excluding hydrogens is 234 g/mol. The van der Waals surface area contributed by atoms with Gasteiger partial charge in [-0.3, -0.25) is 4.79 Å². The number of aliphatic hydroxyl groups excluding tert-OH is 2. The first kappa shape index (κ1) is 15.0. The zero-order chi connectivity index (χ0) is 13.9. The monoisotopic (exact) mass is 257 g/mol. The van der Waals surface area contributed by atoms with E-state index in [9.17, 15) is 15.0 Å². The molecule has 0 bridgehead atoms. The average molecular weight is 257 g/mol. The molecule has 2 N–H and O–H groups in total. The fourth-order valence-electron chi connectivity index (χ4n) is 2.26. The summed E-state index contributed by atoms with van der Waals surface area (Å²) in [6.45, 7) is 7.38. The molecule has 0 fully saturated rings. The van der Waals surface area contributed by atoms with Gasteiger partial charge >= 0.3 is 0 Å². The summed E-state index contributed by atoms with van der Waals surface area (Å²) in [5.74, 6) is -0.273. The predicted molar refractivity (Wildman–Crippen MR) is 66.7 cm³/mol. The Balaban J connectivity index is 3.13. The molecule has 104 valence electrons. The van der Waals surface area contributed by atoms with Crippen LogP contribution in [0.3, 0.4) is 0 Å². The van der Waals surface area contributed by atoms with Gasteiger partial charge in [0, 0.05) is 5.92 Å².